The normalized spacial score (nSPS) is 14.4. The molecule has 0 bridgehead atoms. The molecule has 3 nitrogen and oxygen atoms in total. The Morgan fingerprint density at radius 1 is 1.42 bits per heavy atom. The van der Waals surface area contributed by atoms with Gasteiger partial charge in [0, 0.05) is 24.0 Å². The summed E-state index contributed by atoms with van der Waals surface area (Å²) in [6.45, 7) is 9.74. The van der Waals surface area contributed by atoms with Gasteiger partial charge in [0.1, 0.15) is 0 Å². The van der Waals surface area contributed by atoms with Crippen molar-refractivity contribution < 1.29 is 0 Å². The molecule has 0 aromatic carbocycles. The number of thioether (sulfide) groups is 1. The summed E-state index contributed by atoms with van der Waals surface area (Å²) in [5.41, 5.74) is 1.16. The molecule has 19 heavy (non-hydrogen) atoms. The van der Waals surface area contributed by atoms with Crippen LogP contribution in [0.4, 0.5) is 5.13 Å². The van der Waals surface area contributed by atoms with Crippen molar-refractivity contribution in [1.29, 1.82) is 0 Å². The van der Waals surface area contributed by atoms with Crippen LogP contribution in [0.2, 0.25) is 0 Å². The van der Waals surface area contributed by atoms with Gasteiger partial charge in [-0.1, -0.05) is 6.92 Å². The Bertz CT molecular complexity index is 379. The Morgan fingerprint density at radius 3 is 2.68 bits per heavy atom. The van der Waals surface area contributed by atoms with E-state index in [1.165, 1.54) is 17.1 Å². The van der Waals surface area contributed by atoms with E-state index in [2.05, 4.69) is 51.2 Å². The van der Waals surface area contributed by atoms with E-state index in [1.807, 2.05) is 23.1 Å². The zero-order chi connectivity index (χ0) is 14.4. The van der Waals surface area contributed by atoms with Gasteiger partial charge < -0.3 is 10.2 Å². The summed E-state index contributed by atoms with van der Waals surface area (Å²) in [5, 5.41) is 4.61. The van der Waals surface area contributed by atoms with Crippen LogP contribution in [-0.4, -0.2) is 36.6 Å². The van der Waals surface area contributed by atoms with E-state index < -0.39 is 0 Å². The van der Waals surface area contributed by atoms with E-state index in [-0.39, 0.29) is 0 Å². The van der Waals surface area contributed by atoms with Gasteiger partial charge in [0.2, 0.25) is 0 Å². The zero-order valence-corrected chi connectivity index (χ0v) is 14.6. The minimum atomic E-state index is 0.395. The van der Waals surface area contributed by atoms with Crippen LogP contribution in [-0.2, 0) is 0 Å². The van der Waals surface area contributed by atoms with Gasteiger partial charge in [0.25, 0.3) is 0 Å². The molecule has 0 saturated carbocycles. The Hall–Kier alpha value is -0.260. The minimum absolute atomic E-state index is 0.395. The number of rotatable bonds is 8. The second kappa shape index (κ2) is 8.12. The van der Waals surface area contributed by atoms with Crippen molar-refractivity contribution in [3.63, 3.8) is 0 Å². The molecule has 0 amide bonds. The van der Waals surface area contributed by atoms with Crippen molar-refractivity contribution in [2.75, 3.05) is 30.5 Å². The summed E-state index contributed by atoms with van der Waals surface area (Å²) < 4.78 is 0. The number of thiazole rings is 1. The van der Waals surface area contributed by atoms with Crippen LogP contribution in [0.3, 0.4) is 0 Å². The summed E-state index contributed by atoms with van der Waals surface area (Å²) in [6.07, 6.45) is 3.37. The average molecular weight is 302 g/mol. The third kappa shape index (κ3) is 4.65. The molecular weight excluding hydrogens is 274 g/mol. The van der Waals surface area contributed by atoms with E-state index in [0.717, 1.165) is 17.4 Å². The zero-order valence-electron chi connectivity index (χ0n) is 13.0. The summed E-state index contributed by atoms with van der Waals surface area (Å²) in [5.74, 6) is 1.20. The van der Waals surface area contributed by atoms with E-state index >= 15 is 0 Å². The molecule has 0 aliphatic carbocycles. The molecule has 0 radical (unpaired) electrons. The highest BCUT2D eigenvalue weighted by molar-refractivity contribution is 7.98. The fourth-order valence-electron chi connectivity index (χ4n) is 2.02. The fourth-order valence-corrected chi connectivity index (χ4v) is 3.75. The van der Waals surface area contributed by atoms with Gasteiger partial charge in [-0.15, -0.1) is 11.3 Å². The molecule has 0 spiro atoms. The lowest BCUT2D eigenvalue weighted by Crippen LogP contribution is -2.29. The maximum atomic E-state index is 4.74. The first-order chi connectivity index (χ1) is 9.01. The predicted molar refractivity (Wildman–Crippen MR) is 89.8 cm³/mol. The lowest BCUT2D eigenvalue weighted by atomic mass is 10.2. The van der Waals surface area contributed by atoms with E-state index in [9.17, 15) is 0 Å². The molecule has 1 aromatic heterocycles. The molecule has 0 aliphatic heterocycles. The first kappa shape index (κ1) is 16.8. The predicted octanol–water partition coefficient (Wildman–Crippen LogP) is 3.70. The molecule has 2 unspecified atom stereocenters. The second-order valence-electron chi connectivity index (χ2n) is 4.97. The maximum absolute atomic E-state index is 4.74. The molecule has 110 valence electrons. The highest BCUT2D eigenvalue weighted by Gasteiger charge is 2.18. The second-order valence-corrected chi connectivity index (χ2v) is 6.96. The van der Waals surface area contributed by atoms with Crippen molar-refractivity contribution in [3.05, 3.63) is 10.6 Å². The number of hydrogen-bond acceptors (Lipinski definition) is 5. The largest absolute Gasteiger partial charge is 0.348 e. The molecule has 2 atom stereocenters. The number of nitrogens with one attached hydrogen (secondary N) is 1. The summed E-state index contributed by atoms with van der Waals surface area (Å²) >= 11 is 3.73. The molecule has 0 saturated heterocycles. The Balaban J connectivity index is 2.76. The number of nitrogens with zero attached hydrogens (tertiary/aromatic N) is 2. The van der Waals surface area contributed by atoms with E-state index in [4.69, 9.17) is 4.98 Å². The monoisotopic (exact) mass is 301 g/mol. The number of aryl methyl sites for hydroxylation is 1. The third-order valence-corrected chi connectivity index (χ3v) is 5.50. The van der Waals surface area contributed by atoms with Crippen LogP contribution in [0.5, 0.6) is 0 Å². The lowest BCUT2D eigenvalue weighted by molar-refractivity contribution is 0.603. The van der Waals surface area contributed by atoms with Crippen molar-refractivity contribution in [1.82, 2.24) is 10.3 Å². The maximum Gasteiger partial charge on any atom is 0.185 e. The molecule has 1 heterocycles. The number of anilines is 1. The fraction of sp³-hybridized carbons (Fsp3) is 0.786. The molecular formula is C14H27N3S2. The van der Waals surface area contributed by atoms with Crippen molar-refractivity contribution in [2.24, 2.45) is 0 Å². The Morgan fingerprint density at radius 2 is 2.11 bits per heavy atom. The van der Waals surface area contributed by atoms with Crippen LogP contribution < -0.4 is 10.2 Å². The van der Waals surface area contributed by atoms with Gasteiger partial charge in [0.15, 0.2) is 5.13 Å². The first-order valence-electron chi connectivity index (χ1n) is 6.93. The minimum Gasteiger partial charge on any atom is -0.348 e. The first-order valence-corrected chi connectivity index (χ1v) is 9.14. The van der Waals surface area contributed by atoms with Gasteiger partial charge in [0.05, 0.1) is 5.69 Å². The van der Waals surface area contributed by atoms with Crippen LogP contribution >= 0.6 is 23.1 Å². The Kier molecular flexibility index (Phi) is 7.18. The molecule has 5 heteroatoms. The van der Waals surface area contributed by atoms with E-state index in [0.29, 0.717) is 12.1 Å². The third-order valence-electron chi connectivity index (χ3n) is 3.43. The summed E-state index contributed by atoms with van der Waals surface area (Å²) in [4.78, 5) is 8.42. The van der Waals surface area contributed by atoms with Crippen molar-refractivity contribution >= 4 is 28.2 Å². The van der Waals surface area contributed by atoms with Crippen LogP contribution in [0.1, 0.15) is 43.8 Å². The van der Waals surface area contributed by atoms with Gasteiger partial charge in [-0.05, 0) is 45.7 Å². The number of hydrogen-bond donors (Lipinski definition) is 1. The molecule has 0 aliphatic rings. The van der Waals surface area contributed by atoms with Crippen molar-refractivity contribution in [3.8, 4) is 0 Å². The van der Waals surface area contributed by atoms with Gasteiger partial charge in [-0.25, -0.2) is 4.98 Å². The summed E-state index contributed by atoms with van der Waals surface area (Å²) in [6, 6.07) is 0.937. The molecule has 1 rings (SSSR count). The average Bonchev–Trinajstić information content (AvgIpc) is 2.77. The highest BCUT2D eigenvalue weighted by Crippen LogP contribution is 2.31. The molecule has 1 aromatic rings. The molecule has 0 fully saturated rings. The number of aromatic nitrogens is 1. The van der Waals surface area contributed by atoms with Crippen molar-refractivity contribution in [2.45, 2.75) is 46.2 Å². The SMILES string of the molecule is CCNC(C)c1sc(N(C)C(C)CCSC)nc1C. The summed E-state index contributed by atoms with van der Waals surface area (Å²) in [7, 11) is 2.16. The van der Waals surface area contributed by atoms with Gasteiger partial charge >= 0.3 is 0 Å². The van der Waals surface area contributed by atoms with Gasteiger partial charge in [-0.2, -0.15) is 11.8 Å². The quantitative estimate of drug-likeness (QED) is 0.792. The van der Waals surface area contributed by atoms with E-state index in [1.54, 1.807) is 0 Å². The smallest absolute Gasteiger partial charge is 0.185 e. The van der Waals surface area contributed by atoms with Crippen LogP contribution in [0.25, 0.3) is 0 Å². The van der Waals surface area contributed by atoms with Crippen LogP contribution in [0.15, 0.2) is 0 Å². The Labute approximate surface area is 126 Å². The standard InChI is InChI=1S/C14H27N3S2/c1-7-15-11(3)13-12(4)16-14(19-13)17(5)10(2)8-9-18-6/h10-11,15H,7-9H2,1-6H3. The highest BCUT2D eigenvalue weighted by atomic mass is 32.2. The lowest BCUT2D eigenvalue weighted by Gasteiger charge is -2.24. The van der Waals surface area contributed by atoms with Gasteiger partial charge in [-0.3, -0.25) is 0 Å². The topological polar surface area (TPSA) is 28.2 Å². The van der Waals surface area contributed by atoms with Crippen LogP contribution in [0, 0.1) is 6.92 Å². The molecule has 1 N–H and O–H groups in total.